The Bertz CT molecular complexity index is 1160. The molecular formula is C21H26FN3O5S2. The van der Waals surface area contributed by atoms with Crippen LogP contribution in [0.1, 0.15) is 13.8 Å². The van der Waals surface area contributed by atoms with Crippen LogP contribution < -0.4 is 4.72 Å². The summed E-state index contributed by atoms with van der Waals surface area (Å²) in [5, 5.41) is 0. The second-order valence-corrected chi connectivity index (χ2v) is 11.4. The minimum absolute atomic E-state index is 0.0911. The summed E-state index contributed by atoms with van der Waals surface area (Å²) >= 11 is 0. The highest BCUT2D eigenvalue weighted by atomic mass is 32.2. The summed E-state index contributed by atoms with van der Waals surface area (Å²) in [6.07, 6.45) is 0. The standard InChI is InChI=1S/C21H26FN3O5S2/c1-16(2)20(23-31(27,28)19-11-7-6-10-18(19)22)21(26)24-12-14-25(15-13-24)32(29,30)17-8-4-3-5-9-17/h3-11,16,20,23H,12-15H2,1-2H3/t20-/m0/s1. The SMILES string of the molecule is CC(C)[C@H](NS(=O)(=O)c1ccccc1F)C(=O)N1CCN(S(=O)(=O)c2ccccc2)CC1. The van der Waals surface area contributed by atoms with Gasteiger partial charge in [-0.2, -0.15) is 9.03 Å². The van der Waals surface area contributed by atoms with E-state index in [4.69, 9.17) is 0 Å². The van der Waals surface area contributed by atoms with E-state index in [1.165, 1.54) is 33.5 Å². The Kier molecular flexibility index (Phi) is 7.33. The molecule has 0 aromatic heterocycles. The van der Waals surface area contributed by atoms with Gasteiger partial charge in [-0.3, -0.25) is 4.79 Å². The molecule has 0 aliphatic carbocycles. The zero-order chi connectivity index (χ0) is 23.5. The average Bonchev–Trinajstić information content (AvgIpc) is 2.78. The van der Waals surface area contributed by atoms with Crippen LogP contribution >= 0.6 is 0 Å². The number of carbonyl (C=O) groups excluding carboxylic acids is 1. The Morgan fingerprint density at radius 3 is 2.03 bits per heavy atom. The van der Waals surface area contributed by atoms with Crippen LogP contribution in [0.4, 0.5) is 4.39 Å². The number of carbonyl (C=O) groups is 1. The monoisotopic (exact) mass is 483 g/mol. The summed E-state index contributed by atoms with van der Waals surface area (Å²) in [5.41, 5.74) is 0. The molecule has 1 fully saturated rings. The van der Waals surface area contributed by atoms with E-state index < -0.39 is 48.6 Å². The predicted octanol–water partition coefficient (Wildman–Crippen LogP) is 1.66. The predicted molar refractivity (Wildman–Crippen MR) is 117 cm³/mol. The number of rotatable bonds is 7. The molecule has 0 unspecified atom stereocenters. The van der Waals surface area contributed by atoms with Crippen molar-refractivity contribution >= 4 is 26.0 Å². The van der Waals surface area contributed by atoms with Crippen LogP contribution in [0.25, 0.3) is 0 Å². The normalized spacial score (nSPS) is 16.8. The van der Waals surface area contributed by atoms with Gasteiger partial charge in [-0.15, -0.1) is 0 Å². The third kappa shape index (κ3) is 5.17. The molecule has 3 rings (SSSR count). The highest BCUT2D eigenvalue weighted by Gasteiger charge is 2.36. The molecule has 1 N–H and O–H groups in total. The van der Waals surface area contributed by atoms with Crippen molar-refractivity contribution in [3.63, 3.8) is 0 Å². The first kappa shape index (κ1) is 24.3. The second-order valence-electron chi connectivity index (χ2n) is 7.82. The summed E-state index contributed by atoms with van der Waals surface area (Å²) in [5.74, 6) is -1.79. The van der Waals surface area contributed by atoms with Gasteiger partial charge in [-0.1, -0.05) is 44.2 Å². The third-order valence-corrected chi connectivity index (χ3v) is 8.66. The Balaban J connectivity index is 1.71. The van der Waals surface area contributed by atoms with Crippen molar-refractivity contribution in [2.75, 3.05) is 26.2 Å². The van der Waals surface area contributed by atoms with Crippen molar-refractivity contribution in [2.45, 2.75) is 29.7 Å². The van der Waals surface area contributed by atoms with Gasteiger partial charge in [0.25, 0.3) is 0 Å². The second kappa shape index (κ2) is 9.65. The van der Waals surface area contributed by atoms with Crippen LogP contribution in [0, 0.1) is 11.7 Å². The van der Waals surface area contributed by atoms with Crippen molar-refractivity contribution < 1.29 is 26.0 Å². The lowest BCUT2D eigenvalue weighted by molar-refractivity contribution is -0.135. The Hall–Kier alpha value is -2.34. The van der Waals surface area contributed by atoms with Gasteiger partial charge in [0.1, 0.15) is 16.8 Å². The number of hydrogen-bond donors (Lipinski definition) is 1. The fraction of sp³-hybridized carbons (Fsp3) is 0.381. The zero-order valence-electron chi connectivity index (χ0n) is 17.8. The molecule has 1 atom stereocenters. The topological polar surface area (TPSA) is 104 Å². The maximum absolute atomic E-state index is 14.0. The van der Waals surface area contributed by atoms with E-state index in [9.17, 15) is 26.0 Å². The maximum atomic E-state index is 14.0. The lowest BCUT2D eigenvalue weighted by Crippen LogP contribution is -2.57. The molecule has 0 spiro atoms. The number of hydrogen-bond acceptors (Lipinski definition) is 5. The lowest BCUT2D eigenvalue weighted by Gasteiger charge is -2.36. The zero-order valence-corrected chi connectivity index (χ0v) is 19.4. The minimum Gasteiger partial charge on any atom is -0.339 e. The maximum Gasteiger partial charge on any atom is 0.244 e. The first-order chi connectivity index (χ1) is 15.0. The van der Waals surface area contributed by atoms with Crippen LogP contribution in [-0.2, 0) is 24.8 Å². The molecule has 2 aromatic carbocycles. The van der Waals surface area contributed by atoms with E-state index in [1.54, 1.807) is 32.0 Å². The van der Waals surface area contributed by atoms with Gasteiger partial charge < -0.3 is 4.90 Å². The molecule has 11 heteroatoms. The van der Waals surface area contributed by atoms with Gasteiger partial charge in [0.05, 0.1) is 4.90 Å². The van der Waals surface area contributed by atoms with Crippen molar-refractivity contribution in [3.05, 3.63) is 60.4 Å². The Morgan fingerprint density at radius 1 is 0.906 bits per heavy atom. The quantitative estimate of drug-likeness (QED) is 0.645. The van der Waals surface area contributed by atoms with Crippen LogP contribution in [-0.4, -0.2) is 64.2 Å². The van der Waals surface area contributed by atoms with Gasteiger partial charge in [-0.25, -0.2) is 21.2 Å². The molecule has 1 aliphatic heterocycles. The number of piperazine rings is 1. The first-order valence-electron chi connectivity index (χ1n) is 10.1. The molecule has 0 bridgehead atoms. The molecule has 0 radical (unpaired) electrons. The summed E-state index contributed by atoms with van der Waals surface area (Å²) in [7, 11) is -7.94. The van der Waals surface area contributed by atoms with Gasteiger partial charge in [0, 0.05) is 26.2 Å². The van der Waals surface area contributed by atoms with Crippen LogP contribution in [0.3, 0.4) is 0 Å². The minimum atomic E-state index is -4.27. The fourth-order valence-electron chi connectivity index (χ4n) is 3.45. The van der Waals surface area contributed by atoms with Crippen molar-refractivity contribution in [2.24, 2.45) is 5.92 Å². The molecule has 0 saturated carbocycles. The van der Waals surface area contributed by atoms with Crippen LogP contribution in [0.15, 0.2) is 64.4 Å². The lowest BCUT2D eigenvalue weighted by atomic mass is 10.0. The summed E-state index contributed by atoms with van der Waals surface area (Å²) in [4.78, 5) is 14.2. The van der Waals surface area contributed by atoms with Crippen molar-refractivity contribution in [1.29, 1.82) is 0 Å². The molecule has 8 nitrogen and oxygen atoms in total. The smallest absolute Gasteiger partial charge is 0.244 e. The van der Waals surface area contributed by atoms with Crippen LogP contribution in [0.5, 0.6) is 0 Å². The fourth-order valence-corrected chi connectivity index (χ4v) is 6.31. The molecule has 2 aromatic rings. The van der Waals surface area contributed by atoms with E-state index in [0.29, 0.717) is 0 Å². The first-order valence-corrected chi connectivity index (χ1v) is 13.1. The third-order valence-electron chi connectivity index (χ3n) is 5.27. The number of benzene rings is 2. The largest absolute Gasteiger partial charge is 0.339 e. The number of nitrogens with one attached hydrogen (secondary N) is 1. The van der Waals surface area contributed by atoms with Gasteiger partial charge >= 0.3 is 0 Å². The highest BCUT2D eigenvalue weighted by Crippen LogP contribution is 2.20. The number of amides is 1. The summed E-state index contributed by atoms with van der Waals surface area (Å²) in [6, 6.07) is 11.9. The van der Waals surface area contributed by atoms with Gasteiger partial charge in [0.15, 0.2) is 0 Å². The van der Waals surface area contributed by atoms with E-state index >= 15 is 0 Å². The molecule has 1 heterocycles. The van der Waals surface area contributed by atoms with Gasteiger partial charge in [-0.05, 0) is 30.2 Å². The number of sulfonamides is 2. The van der Waals surface area contributed by atoms with E-state index in [1.807, 2.05) is 0 Å². The molecule has 32 heavy (non-hydrogen) atoms. The average molecular weight is 484 g/mol. The van der Waals surface area contributed by atoms with Crippen molar-refractivity contribution in [3.8, 4) is 0 Å². The molecule has 174 valence electrons. The summed E-state index contributed by atoms with van der Waals surface area (Å²) < 4.78 is 68.6. The van der Waals surface area contributed by atoms with E-state index in [2.05, 4.69) is 4.72 Å². The molecule has 1 saturated heterocycles. The molecule has 1 amide bonds. The van der Waals surface area contributed by atoms with Crippen LogP contribution in [0.2, 0.25) is 0 Å². The van der Waals surface area contributed by atoms with Gasteiger partial charge in [0.2, 0.25) is 26.0 Å². The number of nitrogens with zero attached hydrogens (tertiary/aromatic N) is 2. The van der Waals surface area contributed by atoms with E-state index in [0.717, 1.165) is 12.1 Å². The summed E-state index contributed by atoms with van der Waals surface area (Å²) in [6.45, 7) is 3.79. The number of halogens is 1. The Labute approximate surface area is 188 Å². The van der Waals surface area contributed by atoms with E-state index in [-0.39, 0.29) is 31.1 Å². The van der Waals surface area contributed by atoms with Crippen molar-refractivity contribution in [1.82, 2.24) is 13.9 Å². The molecule has 1 aliphatic rings. The Morgan fingerprint density at radius 2 is 1.47 bits per heavy atom. The highest BCUT2D eigenvalue weighted by molar-refractivity contribution is 7.89. The molecular weight excluding hydrogens is 457 g/mol.